The number of sulfone groups is 1. The van der Waals surface area contributed by atoms with Crippen molar-refractivity contribution in [2.45, 2.75) is 18.6 Å². The Balaban J connectivity index is 2.89. The zero-order valence-corrected chi connectivity index (χ0v) is 8.04. The summed E-state index contributed by atoms with van der Waals surface area (Å²) in [5.74, 6) is -1.30. The highest BCUT2D eigenvalue weighted by molar-refractivity contribution is 7.92. The van der Waals surface area contributed by atoms with Crippen molar-refractivity contribution in [2.75, 3.05) is 12.4 Å². The minimum atomic E-state index is -3.33. The third-order valence-electron chi connectivity index (χ3n) is 2.55. The molecule has 6 heteroatoms. The third-order valence-corrected chi connectivity index (χ3v) is 4.84. The summed E-state index contributed by atoms with van der Waals surface area (Å²) in [7, 11) is -3.33. The van der Waals surface area contributed by atoms with Gasteiger partial charge in [-0.3, -0.25) is 4.79 Å². The highest BCUT2D eigenvalue weighted by atomic mass is 32.2. The fourth-order valence-corrected chi connectivity index (χ4v) is 3.22. The van der Waals surface area contributed by atoms with Gasteiger partial charge in [-0.15, -0.1) is 0 Å². The summed E-state index contributed by atoms with van der Waals surface area (Å²) >= 11 is 0. The standard InChI is InChI=1S/C7H12O5S/c1-2-13(11,12)5-3-7(5,4-8)6(9)10/h5,8H,2-4H2,1H3,(H,9,10)/t5-,7+/m0/s1. The Morgan fingerprint density at radius 1 is 1.62 bits per heavy atom. The number of aliphatic hydroxyl groups is 1. The normalized spacial score (nSPS) is 32.9. The smallest absolute Gasteiger partial charge is 0.313 e. The molecule has 1 aliphatic rings. The molecule has 0 heterocycles. The third kappa shape index (κ3) is 1.44. The number of aliphatic hydroxyl groups excluding tert-OH is 1. The molecule has 2 atom stereocenters. The first-order valence-corrected chi connectivity index (χ1v) is 5.68. The van der Waals surface area contributed by atoms with Crippen LogP contribution in [0.2, 0.25) is 0 Å². The van der Waals surface area contributed by atoms with Crippen LogP contribution in [0.3, 0.4) is 0 Å². The minimum Gasteiger partial charge on any atom is -0.481 e. The van der Waals surface area contributed by atoms with Gasteiger partial charge < -0.3 is 10.2 Å². The Labute approximate surface area is 76.3 Å². The first-order valence-electron chi connectivity index (χ1n) is 3.96. The van der Waals surface area contributed by atoms with E-state index in [0.29, 0.717) is 0 Å². The summed E-state index contributed by atoms with van der Waals surface area (Å²) in [6.07, 6.45) is 0.0367. The lowest BCUT2D eigenvalue weighted by Gasteiger charge is -2.07. The Morgan fingerprint density at radius 2 is 2.15 bits per heavy atom. The van der Waals surface area contributed by atoms with Crippen molar-refractivity contribution >= 4 is 15.8 Å². The molecule has 0 aromatic heterocycles. The summed E-state index contributed by atoms with van der Waals surface area (Å²) < 4.78 is 22.5. The van der Waals surface area contributed by atoms with E-state index >= 15 is 0 Å². The molecule has 0 aliphatic heterocycles. The molecule has 0 radical (unpaired) electrons. The van der Waals surface area contributed by atoms with Gasteiger partial charge in [0.2, 0.25) is 0 Å². The van der Waals surface area contributed by atoms with Crippen LogP contribution in [0.5, 0.6) is 0 Å². The van der Waals surface area contributed by atoms with Gasteiger partial charge in [-0.1, -0.05) is 6.92 Å². The average Bonchev–Trinajstić information content (AvgIpc) is 2.80. The summed E-state index contributed by atoms with van der Waals surface area (Å²) in [4.78, 5) is 10.7. The molecule has 1 fully saturated rings. The van der Waals surface area contributed by atoms with Gasteiger partial charge in [0.1, 0.15) is 5.41 Å². The largest absolute Gasteiger partial charge is 0.481 e. The molecule has 76 valence electrons. The highest BCUT2D eigenvalue weighted by Crippen LogP contribution is 2.50. The van der Waals surface area contributed by atoms with Gasteiger partial charge >= 0.3 is 5.97 Å². The minimum absolute atomic E-state index is 0.0367. The second-order valence-corrected chi connectivity index (χ2v) is 5.74. The predicted molar refractivity (Wildman–Crippen MR) is 45.0 cm³/mol. The zero-order valence-electron chi connectivity index (χ0n) is 7.23. The number of aliphatic carboxylic acids is 1. The molecule has 1 rings (SSSR count). The summed E-state index contributed by atoms with van der Waals surface area (Å²) in [5.41, 5.74) is -1.42. The highest BCUT2D eigenvalue weighted by Gasteiger charge is 2.65. The molecule has 0 saturated heterocycles. The molecule has 0 spiro atoms. The molecular weight excluding hydrogens is 196 g/mol. The number of carboxylic acid groups (broad SMARTS) is 1. The van der Waals surface area contributed by atoms with Gasteiger partial charge in [0.25, 0.3) is 0 Å². The molecule has 2 N–H and O–H groups in total. The van der Waals surface area contributed by atoms with Crippen LogP contribution in [0.4, 0.5) is 0 Å². The van der Waals surface area contributed by atoms with E-state index in [1.165, 1.54) is 6.92 Å². The molecule has 0 aromatic rings. The van der Waals surface area contributed by atoms with Crippen LogP contribution < -0.4 is 0 Å². The SMILES string of the molecule is CCS(=O)(=O)[C@H]1C[C@]1(CO)C(=O)O. The Bertz CT molecular complexity index is 320. The summed E-state index contributed by atoms with van der Waals surface area (Å²) in [6.45, 7) is 0.865. The van der Waals surface area contributed by atoms with Crippen LogP contribution in [0, 0.1) is 5.41 Å². The number of rotatable bonds is 4. The molecular formula is C7H12O5S. The predicted octanol–water partition coefficient (Wildman–Crippen LogP) is -0.743. The lowest BCUT2D eigenvalue weighted by molar-refractivity contribution is -0.144. The lowest BCUT2D eigenvalue weighted by atomic mass is 10.1. The maximum atomic E-state index is 11.3. The second kappa shape index (κ2) is 2.95. The van der Waals surface area contributed by atoms with Crippen LogP contribution in [-0.2, 0) is 14.6 Å². The van der Waals surface area contributed by atoms with E-state index in [-0.39, 0.29) is 12.2 Å². The fourth-order valence-electron chi connectivity index (χ4n) is 1.40. The van der Waals surface area contributed by atoms with Crippen LogP contribution >= 0.6 is 0 Å². The van der Waals surface area contributed by atoms with E-state index in [4.69, 9.17) is 10.2 Å². The summed E-state index contributed by atoms with van der Waals surface area (Å²) in [5, 5.41) is 16.6. The molecule has 0 bridgehead atoms. The molecule has 5 nitrogen and oxygen atoms in total. The number of hydrogen-bond acceptors (Lipinski definition) is 4. The van der Waals surface area contributed by atoms with E-state index < -0.39 is 33.1 Å². The van der Waals surface area contributed by atoms with E-state index in [9.17, 15) is 13.2 Å². The van der Waals surface area contributed by atoms with Crippen molar-refractivity contribution in [3.63, 3.8) is 0 Å². The van der Waals surface area contributed by atoms with Crippen molar-refractivity contribution in [1.82, 2.24) is 0 Å². The lowest BCUT2D eigenvalue weighted by Crippen LogP contribution is -2.28. The number of carboxylic acids is 1. The summed E-state index contributed by atoms with van der Waals surface area (Å²) in [6, 6.07) is 0. The maximum absolute atomic E-state index is 11.3. The zero-order chi connectivity index (χ0) is 10.3. The molecule has 0 amide bonds. The van der Waals surface area contributed by atoms with Gasteiger partial charge in [0.15, 0.2) is 9.84 Å². The van der Waals surface area contributed by atoms with Crippen molar-refractivity contribution in [3.05, 3.63) is 0 Å². The molecule has 0 aromatic carbocycles. The maximum Gasteiger partial charge on any atom is 0.313 e. The van der Waals surface area contributed by atoms with Crippen molar-refractivity contribution < 1.29 is 23.4 Å². The van der Waals surface area contributed by atoms with E-state index in [1.54, 1.807) is 0 Å². The molecule has 1 saturated carbocycles. The van der Waals surface area contributed by atoms with Gasteiger partial charge in [-0.05, 0) is 6.42 Å². The van der Waals surface area contributed by atoms with Crippen LogP contribution in [-0.4, -0.2) is 42.2 Å². The van der Waals surface area contributed by atoms with Gasteiger partial charge in [-0.2, -0.15) is 0 Å². The fraction of sp³-hybridized carbons (Fsp3) is 0.857. The van der Waals surface area contributed by atoms with Crippen LogP contribution in [0.1, 0.15) is 13.3 Å². The van der Waals surface area contributed by atoms with Crippen LogP contribution in [0.15, 0.2) is 0 Å². The van der Waals surface area contributed by atoms with E-state index in [0.717, 1.165) is 0 Å². The van der Waals surface area contributed by atoms with Crippen LogP contribution in [0.25, 0.3) is 0 Å². The number of carbonyl (C=O) groups is 1. The quantitative estimate of drug-likeness (QED) is 0.634. The average molecular weight is 208 g/mol. The van der Waals surface area contributed by atoms with Crippen molar-refractivity contribution in [2.24, 2.45) is 5.41 Å². The number of hydrogen-bond donors (Lipinski definition) is 2. The van der Waals surface area contributed by atoms with Crippen molar-refractivity contribution in [1.29, 1.82) is 0 Å². The Kier molecular flexibility index (Phi) is 2.38. The van der Waals surface area contributed by atoms with Crippen molar-refractivity contribution in [3.8, 4) is 0 Å². The van der Waals surface area contributed by atoms with Gasteiger partial charge in [-0.25, -0.2) is 8.42 Å². The molecule has 0 unspecified atom stereocenters. The Morgan fingerprint density at radius 3 is 2.38 bits per heavy atom. The van der Waals surface area contributed by atoms with Gasteiger partial charge in [0, 0.05) is 5.75 Å². The molecule has 13 heavy (non-hydrogen) atoms. The van der Waals surface area contributed by atoms with Gasteiger partial charge in [0.05, 0.1) is 11.9 Å². The monoisotopic (exact) mass is 208 g/mol. The Hall–Kier alpha value is -0.620. The second-order valence-electron chi connectivity index (χ2n) is 3.26. The topological polar surface area (TPSA) is 91.7 Å². The van der Waals surface area contributed by atoms with E-state index in [1.807, 2.05) is 0 Å². The first-order chi connectivity index (χ1) is 5.90. The van der Waals surface area contributed by atoms with E-state index in [2.05, 4.69) is 0 Å². The molecule has 1 aliphatic carbocycles. The first kappa shape index (κ1) is 10.5.